The standard InChI is InChI=1S/C13H8N2O4/c16-10-7-12(13(17)18)19-11-6-8(2-3-9(10)11)15-5-1-4-14-15/h1-7H,(H,17,18). The van der Waals surface area contributed by atoms with E-state index in [2.05, 4.69) is 5.10 Å². The number of rotatable bonds is 2. The molecule has 0 radical (unpaired) electrons. The molecule has 19 heavy (non-hydrogen) atoms. The van der Waals surface area contributed by atoms with E-state index in [4.69, 9.17) is 9.52 Å². The van der Waals surface area contributed by atoms with E-state index in [0.29, 0.717) is 11.1 Å². The van der Waals surface area contributed by atoms with Crippen LogP contribution in [0.2, 0.25) is 0 Å². The van der Waals surface area contributed by atoms with Crippen molar-refractivity contribution in [1.29, 1.82) is 0 Å². The molecular formula is C13H8N2O4. The average molecular weight is 256 g/mol. The second kappa shape index (κ2) is 4.09. The Balaban J connectivity index is 2.27. The van der Waals surface area contributed by atoms with E-state index in [0.717, 1.165) is 6.07 Å². The topological polar surface area (TPSA) is 85.3 Å². The highest BCUT2D eigenvalue weighted by atomic mass is 16.4. The van der Waals surface area contributed by atoms with E-state index in [1.807, 2.05) is 0 Å². The fraction of sp³-hybridized carbons (Fsp3) is 0. The average Bonchev–Trinajstić information content (AvgIpc) is 2.91. The van der Waals surface area contributed by atoms with Gasteiger partial charge in [-0.15, -0.1) is 0 Å². The lowest BCUT2D eigenvalue weighted by molar-refractivity contribution is 0.0663. The predicted octanol–water partition coefficient (Wildman–Crippen LogP) is 1.68. The lowest BCUT2D eigenvalue weighted by atomic mass is 10.2. The largest absolute Gasteiger partial charge is 0.475 e. The summed E-state index contributed by atoms with van der Waals surface area (Å²) in [5.74, 6) is -1.65. The van der Waals surface area contributed by atoms with Crippen molar-refractivity contribution in [3.8, 4) is 5.69 Å². The van der Waals surface area contributed by atoms with Crippen LogP contribution in [-0.2, 0) is 0 Å². The van der Waals surface area contributed by atoms with Crippen molar-refractivity contribution in [2.24, 2.45) is 0 Å². The summed E-state index contributed by atoms with van der Waals surface area (Å²) < 4.78 is 6.79. The Kier molecular flexibility index (Phi) is 2.42. The van der Waals surface area contributed by atoms with Crippen LogP contribution in [0, 0.1) is 0 Å². The Hall–Kier alpha value is -2.89. The van der Waals surface area contributed by atoms with E-state index < -0.39 is 5.97 Å². The molecule has 0 saturated heterocycles. The van der Waals surface area contributed by atoms with Gasteiger partial charge in [-0.3, -0.25) is 4.79 Å². The van der Waals surface area contributed by atoms with Gasteiger partial charge in [0.25, 0.3) is 0 Å². The first-order valence-electron chi connectivity index (χ1n) is 5.46. The molecule has 0 spiro atoms. The summed E-state index contributed by atoms with van der Waals surface area (Å²) in [6, 6.07) is 7.61. The number of carboxylic acids is 1. The highest BCUT2D eigenvalue weighted by Gasteiger charge is 2.11. The zero-order chi connectivity index (χ0) is 13.4. The van der Waals surface area contributed by atoms with Crippen LogP contribution in [0.15, 0.2) is 51.9 Å². The molecule has 1 N–H and O–H groups in total. The minimum atomic E-state index is -1.27. The van der Waals surface area contributed by atoms with Gasteiger partial charge in [-0.05, 0) is 18.2 Å². The Labute approximate surface area is 106 Å². The zero-order valence-corrected chi connectivity index (χ0v) is 9.61. The summed E-state index contributed by atoms with van der Waals surface area (Å²) in [6.45, 7) is 0. The molecule has 2 aromatic heterocycles. The molecule has 0 bridgehead atoms. The van der Waals surface area contributed by atoms with Gasteiger partial charge in [0, 0.05) is 24.5 Å². The Morgan fingerprint density at radius 2 is 2.16 bits per heavy atom. The molecule has 3 rings (SSSR count). The molecule has 0 aliphatic rings. The molecule has 0 saturated carbocycles. The quantitative estimate of drug-likeness (QED) is 0.753. The third-order valence-corrected chi connectivity index (χ3v) is 2.69. The van der Waals surface area contributed by atoms with Crippen molar-refractivity contribution in [1.82, 2.24) is 9.78 Å². The lowest BCUT2D eigenvalue weighted by Crippen LogP contribution is -2.06. The van der Waals surface area contributed by atoms with E-state index in [-0.39, 0.29) is 16.8 Å². The number of hydrogen-bond donors (Lipinski definition) is 1. The number of fused-ring (bicyclic) bond motifs is 1. The van der Waals surface area contributed by atoms with Gasteiger partial charge in [-0.2, -0.15) is 5.10 Å². The molecule has 6 heteroatoms. The van der Waals surface area contributed by atoms with Gasteiger partial charge in [0.15, 0.2) is 5.43 Å². The van der Waals surface area contributed by atoms with E-state index in [1.165, 1.54) is 0 Å². The highest BCUT2D eigenvalue weighted by Crippen LogP contribution is 2.17. The second-order valence-electron chi connectivity index (χ2n) is 3.91. The molecule has 0 unspecified atom stereocenters. The van der Waals surface area contributed by atoms with Crippen LogP contribution in [0.4, 0.5) is 0 Å². The summed E-state index contributed by atoms with van der Waals surface area (Å²) >= 11 is 0. The van der Waals surface area contributed by atoms with Crippen LogP contribution >= 0.6 is 0 Å². The summed E-state index contributed by atoms with van der Waals surface area (Å²) in [4.78, 5) is 22.6. The van der Waals surface area contributed by atoms with Crippen molar-refractivity contribution in [2.75, 3.05) is 0 Å². The normalized spacial score (nSPS) is 10.7. The smallest absolute Gasteiger partial charge is 0.371 e. The molecule has 0 atom stereocenters. The van der Waals surface area contributed by atoms with E-state index in [9.17, 15) is 9.59 Å². The SMILES string of the molecule is O=C(O)c1cc(=O)c2ccc(-n3cccn3)cc2o1. The number of carbonyl (C=O) groups is 1. The highest BCUT2D eigenvalue weighted by molar-refractivity contribution is 5.87. The van der Waals surface area contributed by atoms with Crippen molar-refractivity contribution in [3.05, 3.63) is 58.7 Å². The maximum Gasteiger partial charge on any atom is 0.371 e. The van der Waals surface area contributed by atoms with Crippen LogP contribution < -0.4 is 5.43 Å². The fourth-order valence-electron chi connectivity index (χ4n) is 1.81. The number of hydrogen-bond acceptors (Lipinski definition) is 4. The summed E-state index contributed by atoms with van der Waals surface area (Å²) in [5, 5.41) is 13.3. The van der Waals surface area contributed by atoms with Crippen LogP contribution in [0.3, 0.4) is 0 Å². The van der Waals surface area contributed by atoms with Crippen LogP contribution in [0.25, 0.3) is 16.7 Å². The zero-order valence-electron chi connectivity index (χ0n) is 9.61. The summed E-state index contributed by atoms with van der Waals surface area (Å²) in [5.41, 5.74) is 0.520. The molecular weight excluding hydrogens is 248 g/mol. The fourth-order valence-corrected chi connectivity index (χ4v) is 1.81. The van der Waals surface area contributed by atoms with Gasteiger partial charge in [-0.1, -0.05) is 0 Å². The number of carboxylic acid groups (broad SMARTS) is 1. The molecule has 0 aliphatic heterocycles. The Morgan fingerprint density at radius 1 is 1.32 bits per heavy atom. The minimum Gasteiger partial charge on any atom is -0.475 e. The predicted molar refractivity (Wildman–Crippen MR) is 66.6 cm³/mol. The first-order chi connectivity index (χ1) is 9.15. The number of benzene rings is 1. The third-order valence-electron chi connectivity index (χ3n) is 2.69. The molecule has 3 aromatic rings. The van der Waals surface area contributed by atoms with Gasteiger partial charge in [0.1, 0.15) is 5.58 Å². The van der Waals surface area contributed by atoms with Gasteiger partial charge < -0.3 is 9.52 Å². The van der Waals surface area contributed by atoms with E-state index in [1.54, 1.807) is 41.3 Å². The van der Waals surface area contributed by atoms with E-state index >= 15 is 0 Å². The minimum absolute atomic E-state index is 0.220. The Bertz CT molecular complexity index is 818. The van der Waals surface area contributed by atoms with Crippen LogP contribution in [-0.4, -0.2) is 20.9 Å². The monoisotopic (exact) mass is 256 g/mol. The second-order valence-corrected chi connectivity index (χ2v) is 3.91. The molecule has 0 amide bonds. The first-order valence-corrected chi connectivity index (χ1v) is 5.46. The molecule has 94 valence electrons. The molecule has 6 nitrogen and oxygen atoms in total. The van der Waals surface area contributed by atoms with Crippen LogP contribution in [0.1, 0.15) is 10.6 Å². The molecule has 0 fully saturated rings. The Morgan fingerprint density at radius 3 is 2.84 bits per heavy atom. The molecule has 1 aromatic carbocycles. The third kappa shape index (κ3) is 1.89. The van der Waals surface area contributed by atoms with Gasteiger partial charge >= 0.3 is 5.97 Å². The molecule has 2 heterocycles. The van der Waals surface area contributed by atoms with Gasteiger partial charge in [0.2, 0.25) is 5.76 Å². The maximum atomic E-state index is 11.8. The summed E-state index contributed by atoms with van der Waals surface area (Å²) in [6.07, 6.45) is 3.36. The number of aromatic nitrogens is 2. The molecule has 0 aliphatic carbocycles. The maximum absolute atomic E-state index is 11.8. The van der Waals surface area contributed by atoms with Crippen molar-refractivity contribution in [3.63, 3.8) is 0 Å². The first kappa shape index (κ1) is 11.2. The lowest BCUT2D eigenvalue weighted by Gasteiger charge is -2.03. The number of nitrogens with zero attached hydrogens (tertiary/aromatic N) is 2. The van der Waals surface area contributed by atoms with Gasteiger partial charge in [0.05, 0.1) is 11.1 Å². The van der Waals surface area contributed by atoms with Crippen molar-refractivity contribution < 1.29 is 14.3 Å². The van der Waals surface area contributed by atoms with Crippen molar-refractivity contribution >= 4 is 16.9 Å². The van der Waals surface area contributed by atoms with Crippen molar-refractivity contribution in [2.45, 2.75) is 0 Å². The van der Waals surface area contributed by atoms with Crippen LogP contribution in [0.5, 0.6) is 0 Å². The van der Waals surface area contributed by atoms with Gasteiger partial charge in [-0.25, -0.2) is 9.48 Å². The summed E-state index contributed by atoms with van der Waals surface area (Å²) in [7, 11) is 0. The number of aromatic carboxylic acids is 1.